The minimum atomic E-state index is -4.15. The molecule has 0 saturated heterocycles. The molecule has 3 aromatic rings. The first-order chi connectivity index (χ1) is 16.1. The molecule has 3 aromatic carbocycles. The summed E-state index contributed by atoms with van der Waals surface area (Å²) in [7, 11) is -4.15. The van der Waals surface area contributed by atoms with Gasteiger partial charge in [-0.15, -0.1) is 4.83 Å². The van der Waals surface area contributed by atoms with Crippen molar-refractivity contribution in [1.82, 2.24) is 10.3 Å². The molecular weight excluding hydrogens is 456 g/mol. The van der Waals surface area contributed by atoms with Gasteiger partial charge in [-0.3, -0.25) is 10.2 Å². The number of aryl methyl sites for hydroxylation is 1. The highest BCUT2D eigenvalue weighted by atomic mass is 32.2. The Hall–Kier alpha value is -3.69. The summed E-state index contributed by atoms with van der Waals surface area (Å²) in [4.78, 5) is 25.1. The minimum absolute atomic E-state index is 0.182. The maximum absolute atomic E-state index is 12.4. The first-order valence-electron chi connectivity index (χ1n) is 10.5. The van der Waals surface area contributed by atoms with Crippen LogP contribution in [0.4, 0.5) is 0 Å². The third-order valence-electron chi connectivity index (χ3n) is 5.09. The Morgan fingerprint density at radius 1 is 0.971 bits per heavy atom. The monoisotopic (exact) mass is 482 g/mol. The van der Waals surface area contributed by atoms with Crippen LogP contribution in [0.5, 0.6) is 5.75 Å². The van der Waals surface area contributed by atoms with Crippen molar-refractivity contribution in [1.29, 1.82) is 0 Å². The van der Waals surface area contributed by atoms with E-state index in [0.29, 0.717) is 12.5 Å². The average Bonchev–Trinajstić information content (AvgIpc) is 2.81. The summed E-state index contributed by atoms with van der Waals surface area (Å²) in [5.41, 5.74) is 5.25. The Kier molecular flexibility index (Phi) is 7.70. The highest BCUT2D eigenvalue weighted by Crippen LogP contribution is 2.28. The smallest absolute Gasteiger partial charge is 0.335 e. The van der Waals surface area contributed by atoms with Crippen LogP contribution in [0.25, 0.3) is 0 Å². The first-order valence-corrected chi connectivity index (χ1v) is 12.0. The van der Waals surface area contributed by atoms with E-state index in [0.717, 1.165) is 28.5 Å². The predicted octanol–water partition coefficient (Wildman–Crippen LogP) is 4.02. The molecule has 8 nitrogen and oxygen atoms in total. The van der Waals surface area contributed by atoms with Crippen molar-refractivity contribution < 1.29 is 27.9 Å². The lowest BCUT2D eigenvalue weighted by Gasteiger charge is -2.15. The number of nitrogens with one attached hydrogen (secondary N) is 2. The number of amides is 1. The van der Waals surface area contributed by atoms with E-state index >= 15 is 0 Å². The van der Waals surface area contributed by atoms with Crippen molar-refractivity contribution >= 4 is 21.9 Å². The lowest BCUT2D eigenvalue weighted by Crippen LogP contribution is -2.41. The molecule has 1 amide bonds. The van der Waals surface area contributed by atoms with Crippen LogP contribution in [0.1, 0.15) is 57.2 Å². The molecule has 0 bridgehead atoms. The molecule has 0 aromatic heterocycles. The second-order valence-corrected chi connectivity index (χ2v) is 9.76. The first kappa shape index (κ1) is 24.9. The van der Waals surface area contributed by atoms with Gasteiger partial charge >= 0.3 is 5.97 Å². The van der Waals surface area contributed by atoms with Gasteiger partial charge in [-0.2, -0.15) is 0 Å². The fourth-order valence-electron chi connectivity index (χ4n) is 3.20. The van der Waals surface area contributed by atoms with E-state index in [4.69, 9.17) is 9.84 Å². The molecule has 0 spiro atoms. The van der Waals surface area contributed by atoms with Gasteiger partial charge in [0.15, 0.2) is 0 Å². The third-order valence-corrected chi connectivity index (χ3v) is 6.34. The number of hydrogen-bond donors (Lipinski definition) is 3. The van der Waals surface area contributed by atoms with Gasteiger partial charge in [-0.25, -0.2) is 13.2 Å². The van der Waals surface area contributed by atoms with Gasteiger partial charge in [0.1, 0.15) is 12.4 Å². The Bertz CT molecular complexity index is 1300. The average molecular weight is 483 g/mol. The van der Waals surface area contributed by atoms with Crippen molar-refractivity contribution in [2.24, 2.45) is 0 Å². The molecule has 178 valence electrons. The molecule has 34 heavy (non-hydrogen) atoms. The van der Waals surface area contributed by atoms with E-state index < -0.39 is 21.9 Å². The fraction of sp³-hybridized carbons (Fsp3) is 0.200. The van der Waals surface area contributed by atoms with Crippen LogP contribution in [0.15, 0.2) is 71.6 Å². The van der Waals surface area contributed by atoms with Crippen molar-refractivity contribution in [3.05, 3.63) is 94.5 Å². The number of aromatic carboxylic acids is 1. The molecule has 0 heterocycles. The second-order valence-electron chi connectivity index (χ2n) is 8.07. The maximum atomic E-state index is 12.4. The number of carboxylic acid groups (broad SMARTS) is 1. The topological polar surface area (TPSA) is 122 Å². The molecule has 3 N–H and O–H groups in total. The summed E-state index contributed by atoms with van der Waals surface area (Å²) >= 11 is 0. The van der Waals surface area contributed by atoms with Gasteiger partial charge in [0.2, 0.25) is 0 Å². The van der Waals surface area contributed by atoms with Crippen molar-refractivity contribution in [3.8, 4) is 5.75 Å². The van der Waals surface area contributed by atoms with E-state index in [2.05, 4.69) is 25.3 Å². The van der Waals surface area contributed by atoms with Crippen LogP contribution in [-0.4, -0.2) is 25.4 Å². The number of ether oxygens (including phenoxy) is 1. The van der Waals surface area contributed by atoms with Gasteiger partial charge < -0.3 is 9.84 Å². The molecule has 3 rings (SSSR count). The van der Waals surface area contributed by atoms with Crippen molar-refractivity contribution in [2.45, 2.75) is 38.2 Å². The van der Waals surface area contributed by atoms with Crippen molar-refractivity contribution in [2.75, 3.05) is 0 Å². The minimum Gasteiger partial charge on any atom is -0.489 e. The summed E-state index contributed by atoms with van der Waals surface area (Å²) < 4.78 is 30.8. The number of hydrazine groups is 1. The van der Waals surface area contributed by atoms with Crippen molar-refractivity contribution in [3.63, 3.8) is 0 Å². The summed E-state index contributed by atoms with van der Waals surface area (Å²) in [6.45, 7) is 6.52. The number of carbonyl (C=O) groups excluding carboxylic acids is 1. The van der Waals surface area contributed by atoms with Gasteiger partial charge in [0, 0.05) is 5.56 Å². The van der Waals surface area contributed by atoms with Crippen LogP contribution >= 0.6 is 0 Å². The zero-order valence-corrected chi connectivity index (χ0v) is 19.8. The molecule has 0 radical (unpaired) electrons. The lowest BCUT2D eigenvalue weighted by atomic mass is 10.0. The number of carbonyl (C=O) groups is 2. The molecule has 9 heteroatoms. The van der Waals surface area contributed by atoms with Gasteiger partial charge in [0.25, 0.3) is 15.9 Å². The number of hydrogen-bond acceptors (Lipinski definition) is 5. The SMILES string of the molecule is Cc1ccc(C(C)C)c(OCc2ccc(C(=O)NNS(=O)(=O)c3cccc(C(=O)O)c3)cc2)c1. The van der Waals surface area contributed by atoms with Crippen LogP contribution in [0, 0.1) is 6.92 Å². The number of sulfonamides is 1. The molecule has 0 aliphatic rings. The highest BCUT2D eigenvalue weighted by molar-refractivity contribution is 7.89. The van der Waals surface area contributed by atoms with Crippen LogP contribution < -0.4 is 15.0 Å². The number of rotatable bonds is 9. The van der Waals surface area contributed by atoms with Crippen LogP contribution in [0.3, 0.4) is 0 Å². The zero-order chi connectivity index (χ0) is 24.9. The summed E-state index contributed by atoms with van der Waals surface area (Å²) in [6.07, 6.45) is 0. The van der Waals surface area contributed by atoms with E-state index in [1.54, 1.807) is 24.3 Å². The second kappa shape index (κ2) is 10.5. The largest absolute Gasteiger partial charge is 0.489 e. The Balaban J connectivity index is 1.62. The molecule has 0 fully saturated rings. The fourth-order valence-corrected chi connectivity index (χ4v) is 4.08. The standard InChI is InChI=1S/C25H26N2O6S/c1-16(2)22-12-7-17(3)13-23(22)33-15-18-8-10-19(11-9-18)24(28)26-27-34(31,32)21-6-4-5-20(14-21)25(29)30/h4-14,16,27H,15H2,1-3H3,(H,26,28)(H,29,30). The molecule has 0 saturated carbocycles. The molecule has 0 atom stereocenters. The molecule has 0 aliphatic carbocycles. The van der Waals surface area contributed by atoms with E-state index in [1.165, 1.54) is 18.2 Å². The van der Waals surface area contributed by atoms with Gasteiger partial charge in [-0.1, -0.05) is 44.2 Å². The summed E-state index contributed by atoms with van der Waals surface area (Å²) in [6, 6.07) is 17.5. The van der Waals surface area contributed by atoms with E-state index in [1.807, 2.05) is 23.9 Å². The van der Waals surface area contributed by atoms with Crippen LogP contribution in [0.2, 0.25) is 0 Å². The van der Waals surface area contributed by atoms with Gasteiger partial charge in [0.05, 0.1) is 10.5 Å². The Morgan fingerprint density at radius 3 is 2.32 bits per heavy atom. The van der Waals surface area contributed by atoms with Crippen LogP contribution in [-0.2, 0) is 16.6 Å². The lowest BCUT2D eigenvalue weighted by molar-refractivity contribution is 0.0696. The Morgan fingerprint density at radius 2 is 1.68 bits per heavy atom. The molecular formula is C25H26N2O6S. The summed E-state index contributed by atoms with van der Waals surface area (Å²) in [5.74, 6) is -0.783. The van der Waals surface area contributed by atoms with E-state index in [-0.39, 0.29) is 16.0 Å². The predicted molar refractivity (Wildman–Crippen MR) is 127 cm³/mol. The molecule has 0 aliphatic heterocycles. The molecule has 0 unspecified atom stereocenters. The highest BCUT2D eigenvalue weighted by Gasteiger charge is 2.17. The zero-order valence-electron chi connectivity index (χ0n) is 19.0. The summed E-state index contributed by atoms with van der Waals surface area (Å²) in [5, 5.41) is 9.02. The van der Waals surface area contributed by atoms with Gasteiger partial charge in [-0.05, 0) is 65.9 Å². The Labute approximate surface area is 198 Å². The quantitative estimate of drug-likeness (QED) is 0.396. The maximum Gasteiger partial charge on any atom is 0.335 e. The number of carboxylic acids is 1. The third kappa shape index (κ3) is 6.21. The number of benzene rings is 3. The van der Waals surface area contributed by atoms with E-state index in [9.17, 15) is 18.0 Å². The normalized spacial score (nSPS) is 11.3.